The first kappa shape index (κ1) is 12.5. The van der Waals surface area contributed by atoms with Crippen LogP contribution in [0.2, 0.25) is 0 Å². The smallest absolute Gasteiger partial charge is 0.271 e. The van der Waals surface area contributed by atoms with Crippen molar-refractivity contribution in [1.29, 1.82) is 0 Å². The molecule has 1 amide bonds. The van der Waals surface area contributed by atoms with Gasteiger partial charge in [0.05, 0.1) is 10.3 Å². The van der Waals surface area contributed by atoms with Crippen molar-refractivity contribution in [2.45, 2.75) is 24.5 Å². The van der Waals surface area contributed by atoms with Gasteiger partial charge in [0.1, 0.15) is 5.69 Å². The van der Waals surface area contributed by atoms with E-state index in [1.54, 1.807) is 6.20 Å². The van der Waals surface area contributed by atoms with E-state index in [4.69, 9.17) is 5.73 Å². The van der Waals surface area contributed by atoms with Crippen molar-refractivity contribution in [2.24, 2.45) is 5.73 Å². The highest BCUT2D eigenvalue weighted by atomic mass is 32.1. The Kier molecular flexibility index (Phi) is 3.00. The summed E-state index contributed by atoms with van der Waals surface area (Å²) < 4.78 is 0.873. The second kappa shape index (κ2) is 4.56. The minimum atomic E-state index is -0.849. The highest BCUT2D eigenvalue weighted by molar-refractivity contribution is 7.17. The van der Waals surface area contributed by atoms with Gasteiger partial charge in [0.15, 0.2) is 0 Å². The first-order valence-electron chi connectivity index (χ1n) is 6.16. The van der Waals surface area contributed by atoms with Crippen LogP contribution in [0.1, 0.15) is 23.3 Å². The highest BCUT2D eigenvalue weighted by Gasteiger charge is 2.40. The Morgan fingerprint density at radius 1 is 1.58 bits per heavy atom. The first-order chi connectivity index (χ1) is 9.07. The topological polar surface area (TPSA) is 88.2 Å². The van der Waals surface area contributed by atoms with E-state index < -0.39 is 5.60 Å². The molecule has 0 unspecified atom stereocenters. The molecule has 1 fully saturated rings. The van der Waals surface area contributed by atoms with Crippen LogP contribution in [-0.4, -0.2) is 34.2 Å². The molecule has 1 aliphatic rings. The summed E-state index contributed by atoms with van der Waals surface area (Å²) in [5, 5.41) is 15.7. The summed E-state index contributed by atoms with van der Waals surface area (Å²) in [5.41, 5.74) is 5.22. The van der Waals surface area contributed by atoms with Crippen LogP contribution in [0.5, 0.6) is 0 Å². The average Bonchev–Trinajstić information content (AvgIpc) is 2.82. The van der Waals surface area contributed by atoms with Crippen molar-refractivity contribution in [2.75, 3.05) is 6.54 Å². The number of pyridine rings is 1. The van der Waals surface area contributed by atoms with Crippen molar-refractivity contribution < 1.29 is 9.90 Å². The normalized spacial score (nSPS) is 26.1. The van der Waals surface area contributed by atoms with Gasteiger partial charge in [0, 0.05) is 18.8 Å². The van der Waals surface area contributed by atoms with E-state index in [1.807, 2.05) is 17.5 Å². The number of carbonyl (C=O) groups excluding carboxylic acids is 1. The monoisotopic (exact) mass is 277 g/mol. The summed E-state index contributed by atoms with van der Waals surface area (Å²) >= 11 is 1.49. The summed E-state index contributed by atoms with van der Waals surface area (Å²) in [6, 6.07) is 3.87. The molecule has 3 rings (SSSR count). The molecule has 0 spiro atoms. The highest BCUT2D eigenvalue weighted by Crippen LogP contribution is 2.30. The quantitative estimate of drug-likeness (QED) is 0.777. The fraction of sp³-hybridized carbons (Fsp3) is 0.385. The number of rotatable bonds is 3. The minimum absolute atomic E-state index is 0.0424. The van der Waals surface area contributed by atoms with Crippen LogP contribution in [0.3, 0.4) is 0 Å². The fourth-order valence-corrected chi connectivity index (χ4v) is 3.32. The summed E-state index contributed by atoms with van der Waals surface area (Å²) in [7, 11) is 0. The molecule has 0 aromatic carbocycles. The van der Waals surface area contributed by atoms with Gasteiger partial charge >= 0.3 is 0 Å². The maximum absolute atomic E-state index is 12.1. The Morgan fingerprint density at radius 3 is 3.11 bits per heavy atom. The van der Waals surface area contributed by atoms with Crippen LogP contribution in [0.25, 0.3) is 10.1 Å². The maximum atomic E-state index is 12.1. The third-order valence-corrected chi connectivity index (χ3v) is 4.38. The second-order valence-corrected chi connectivity index (χ2v) is 5.99. The molecule has 5 nitrogen and oxygen atoms in total. The minimum Gasteiger partial charge on any atom is -0.388 e. The van der Waals surface area contributed by atoms with Gasteiger partial charge in [-0.15, -0.1) is 11.3 Å². The van der Waals surface area contributed by atoms with Crippen LogP contribution in [0.4, 0.5) is 0 Å². The van der Waals surface area contributed by atoms with Crippen molar-refractivity contribution >= 4 is 27.3 Å². The molecule has 1 saturated carbocycles. The Hall–Kier alpha value is -1.50. The molecular formula is C13H15N3O2S. The molecule has 2 aromatic heterocycles. The molecule has 2 heterocycles. The van der Waals surface area contributed by atoms with Crippen LogP contribution in [-0.2, 0) is 0 Å². The fourth-order valence-electron chi connectivity index (χ4n) is 2.44. The van der Waals surface area contributed by atoms with Crippen LogP contribution in [0.15, 0.2) is 23.7 Å². The summed E-state index contributed by atoms with van der Waals surface area (Å²) in [6.45, 7) is 0.225. The number of hydrogen-bond acceptors (Lipinski definition) is 5. The summed E-state index contributed by atoms with van der Waals surface area (Å²) in [6.07, 6.45) is 2.69. The lowest BCUT2D eigenvalue weighted by Crippen LogP contribution is -2.57. The largest absolute Gasteiger partial charge is 0.388 e. The van der Waals surface area contributed by atoms with Crippen molar-refractivity contribution in [3.63, 3.8) is 0 Å². The SMILES string of the molecule is NC1CC(O)(CNC(=O)c2nccc3ccsc23)C1. The molecule has 0 atom stereocenters. The standard InChI is InChI=1S/C13H15N3O2S/c14-9-5-13(18,6-9)7-16-12(17)10-11-8(1-3-15-10)2-4-19-11/h1-4,9,18H,5-7,14H2,(H,16,17). The zero-order valence-electron chi connectivity index (χ0n) is 10.3. The number of nitrogens with one attached hydrogen (secondary N) is 1. The number of thiophene rings is 1. The number of aromatic nitrogens is 1. The van der Waals surface area contributed by atoms with E-state index in [-0.39, 0.29) is 18.5 Å². The van der Waals surface area contributed by atoms with Gasteiger partial charge in [-0.1, -0.05) is 0 Å². The first-order valence-corrected chi connectivity index (χ1v) is 7.04. The molecule has 0 aliphatic heterocycles. The molecule has 100 valence electrons. The van der Waals surface area contributed by atoms with Gasteiger partial charge in [-0.05, 0) is 35.7 Å². The number of nitrogens with zero attached hydrogens (tertiary/aromatic N) is 1. The summed E-state index contributed by atoms with van der Waals surface area (Å²) in [4.78, 5) is 16.2. The maximum Gasteiger partial charge on any atom is 0.271 e. The molecule has 4 N–H and O–H groups in total. The molecule has 1 aliphatic carbocycles. The average molecular weight is 277 g/mol. The van der Waals surface area contributed by atoms with E-state index in [9.17, 15) is 9.90 Å². The van der Waals surface area contributed by atoms with E-state index in [2.05, 4.69) is 10.3 Å². The second-order valence-electron chi connectivity index (χ2n) is 5.07. The number of fused-ring (bicyclic) bond motifs is 1. The van der Waals surface area contributed by atoms with Crippen molar-refractivity contribution in [3.05, 3.63) is 29.4 Å². The molecule has 6 heteroatoms. The zero-order chi connectivity index (χ0) is 13.5. The predicted octanol–water partition coefficient (Wildman–Crippen LogP) is 0.878. The van der Waals surface area contributed by atoms with Crippen molar-refractivity contribution in [3.8, 4) is 0 Å². The van der Waals surface area contributed by atoms with E-state index in [1.165, 1.54) is 11.3 Å². The Labute approximate surface area is 114 Å². The van der Waals surface area contributed by atoms with Crippen LogP contribution in [0, 0.1) is 0 Å². The molecular weight excluding hydrogens is 262 g/mol. The van der Waals surface area contributed by atoms with Gasteiger partial charge < -0.3 is 16.2 Å². The molecule has 0 bridgehead atoms. The number of carbonyl (C=O) groups is 1. The van der Waals surface area contributed by atoms with E-state index >= 15 is 0 Å². The van der Waals surface area contributed by atoms with E-state index in [0.29, 0.717) is 18.5 Å². The molecule has 0 radical (unpaired) electrons. The van der Waals surface area contributed by atoms with E-state index in [0.717, 1.165) is 10.1 Å². The number of aliphatic hydroxyl groups is 1. The number of hydrogen-bond donors (Lipinski definition) is 3. The van der Waals surface area contributed by atoms with Crippen molar-refractivity contribution in [1.82, 2.24) is 10.3 Å². The van der Waals surface area contributed by atoms with Gasteiger partial charge in [-0.2, -0.15) is 0 Å². The third kappa shape index (κ3) is 2.34. The lowest BCUT2D eigenvalue weighted by Gasteiger charge is -2.41. The summed E-state index contributed by atoms with van der Waals surface area (Å²) in [5.74, 6) is -0.248. The lowest BCUT2D eigenvalue weighted by atomic mass is 9.76. The molecule has 19 heavy (non-hydrogen) atoms. The number of nitrogens with two attached hydrogens (primary N) is 1. The molecule has 0 saturated heterocycles. The van der Waals surface area contributed by atoms with Gasteiger partial charge in [0.25, 0.3) is 5.91 Å². The van der Waals surface area contributed by atoms with Gasteiger partial charge in [-0.3, -0.25) is 4.79 Å². The molecule has 2 aromatic rings. The van der Waals surface area contributed by atoms with Gasteiger partial charge in [-0.25, -0.2) is 4.98 Å². The Morgan fingerprint density at radius 2 is 2.37 bits per heavy atom. The van der Waals surface area contributed by atoms with Crippen LogP contribution >= 0.6 is 11.3 Å². The predicted molar refractivity (Wildman–Crippen MR) is 74.1 cm³/mol. The number of amides is 1. The Bertz CT molecular complexity index is 619. The Balaban J connectivity index is 1.72. The third-order valence-electron chi connectivity index (χ3n) is 3.45. The van der Waals surface area contributed by atoms with Gasteiger partial charge in [0.2, 0.25) is 0 Å². The lowest BCUT2D eigenvalue weighted by molar-refractivity contribution is -0.0430. The zero-order valence-corrected chi connectivity index (χ0v) is 11.1. The van der Waals surface area contributed by atoms with Crippen LogP contribution < -0.4 is 11.1 Å².